The fourth-order valence-electron chi connectivity index (χ4n) is 1.98. The third-order valence-electron chi connectivity index (χ3n) is 3.20. The van der Waals surface area contributed by atoms with E-state index in [2.05, 4.69) is 9.97 Å². The lowest BCUT2D eigenvalue weighted by molar-refractivity contribution is -0.127. The minimum atomic E-state index is 0.0115. The molecule has 1 heterocycles. The summed E-state index contributed by atoms with van der Waals surface area (Å²) < 4.78 is 5.59. The van der Waals surface area contributed by atoms with Crippen molar-refractivity contribution in [1.82, 2.24) is 14.9 Å². The average Bonchev–Trinajstić information content (AvgIpc) is 2.51. The van der Waals surface area contributed by atoms with Crippen LogP contribution in [0.4, 0.5) is 0 Å². The van der Waals surface area contributed by atoms with Gasteiger partial charge in [-0.3, -0.25) is 4.79 Å². The number of aryl methyl sites for hydroxylation is 2. The first-order valence-corrected chi connectivity index (χ1v) is 8.88. The molecule has 0 aliphatic carbocycles. The SMILES string of the molecule is Cc1cc(C)nc(SCC(=O)N(C)CCOc2cccc(Cl)c2)n1. The average molecular weight is 366 g/mol. The summed E-state index contributed by atoms with van der Waals surface area (Å²) in [6.07, 6.45) is 0. The second-order valence-electron chi connectivity index (χ2n) is 5.34. The Morgan fingerprint density at radius 2 is 1.96 bits per heavy atom. The number of nitrogens with zero attached hydrogens (tertiary/aromatic N) is 3. The van der Waals surface area contributed by atoms with E-state index >= 15 is 0 Å². The molecule has 0 saturated carbocycles. The lowest BCUT2D eigenvalue weighted by Crippen LogP contribution is -2.32. The third-order valence-corrected chi connectivity index (χ3v) is 4.27. The highest BCUT2D eigenvalue weighted by Gasteiger charge is 2.11. The predicted octanol–water partition coefficient (Wildman–Crippen LogP) is 3.38. The van der Waals surface area contributed by atoms with Gasteiger partial charge in [0.1, 0.15) is 12.4 Å². The van der Waals surface area contributed by atoms with Crippen LogP contribution in [0.5, 0.6) is 5.75 Å². The molecule has 1 amide bonds. The van der Waals surface area contributed by atoms with Crippen LogP contribution in [-0.2, 0) is 4.79 Å². The smallest absolute Gasteiger partial charge is 0.232 e. The molecule has 0 N–H and O–H groups in total. The number of carbonyl (C=O) groups excluding carboxylic acids is 1. The van der Waals surface area contributed by atoms with Crippen molar-refractivity contribution in [1.29, 1.82) is 0 Å². The van der Waals surface area contributed by atoms with E-state index in [1.165, 1.54) is 11.8 Å². The van der Waals surface area contributed by atoms with E-state index in [1.54, 1.807) is 24.1 Å². The van der Waals surface area contributed by atoms with Crippen LogP contribution in [0.25, 0.3) is 0 Å². The van der Waals surface area contributed by atoms with E-state index in [4.69, 9.17) is 16.3 Å². The highest BCUT2D eigenvalue weighted by atomic mass is 35.5. The fraction of sp³-hybridized carbons (Fsp3) is 0.353. The first kappa shape index (κ1) is 18.5. The highest BCUT2D eigenvalue weighted by molar-refractivity contribution is 7.99. The van der Waals surface area contributed by atoms with E-state index in [1.807, 2.05) is 32.0 Å². The van der Waals surface area contributed by atoms with Crippen LogP contribution in [0.2, 0.25) is 5.02 Å². The summed E-state index contributed by atoms with van der Waals surface area (Å²) in [5.74, 6) is 1.01. The van der Waals surface area contributed by atoms with Crippen molar-refractivity contribution in [3.05, 3.63) is 46.7 Å². The molecule has 0 saturated heterocycles. The van der Waals surface area contributed by atoms with Gasteiger partial charge in [-0.15, -0.1) is 0 Å². The zero-order valence-corrected chi connectivity index (χ0v) is 15.5. The topological polar surface area (TPSA) is 55.3 Å². The van der Waals surface area contributed by atoms with Crippen LogP contribution in [0.15, 0.2) is 35.5 Å². The van der Waals surface area contributed by atoms with E-state index in [9.17, 15) is 4.79 Å². The van der Waals surface area contributed by atoms with Gasteiger partial charge in [0.15, 0.2) is 5.16 Å². The van der Waals surface area contributed by atoms with Gasteiger partial charge in [0.2, 0.25) is 5.91 Å². The summed E-state index contributed by atoms with van der Waals surface area (Å²) in [4.78, 5) is 22.4. The maximum absolute atomic E-state index is 12.2. The number of halogens is 1. The summed E-state index contributed by atoms with van der Waals surface area (Å²) in [6.45, 7) is 4.74. The maximum Gasteiger partial charge on any atom is 0.232 e. The molecule has 0 unspecified atom stereocenters. The number of hydrogen-bond acceptors (Lipinski definition) is 5. The number of carbonyl (C=O) groups is 1. The van der Waals surface area contributed by atoms with Crippen molar-refractivity contribution in [2.24, 2.45) is 0 Å². The molecular weight excluding hydrogens is 346 g/mol. The standard InChI is InChI=1S/C17H20ClN3O2S/c1-12-9-13(2)20-17(19-12)24-11-16(22)21(3)7-8-23-15-6-4-5-14(18)10-15/h4-6,9-10H,7-8,11H2,1-3H3. The zero-order chi connectivity index (χ0) is 17.5. The third kappa shape index (κ3) is 6.02. The Bertz CT molecular complexity index is 692. The number of benzene rings is 1. The van der Waals surface area contributed by atoms with Crippen molar-refractivity contribution in [2.45, 2.75) is 19.0 Å². The second kappa shape index (κ2) is 8.89. The lowest BCUT2D eigenvalue weighted by atomic mass is 10.3. The largest absolute Gasteiger partial charge is 0.492 e. The van der Waals surface area contributed by atoms with Crippen LogP contribution in [0, 0.1) is 13.8 Å². The number of rotatable bonds is 7. The van der Waals surface area contributed by atoms with Crippen molar-refractivity contribution in [3.8, 4) is 5.75 Å². The minimum Gasteiger partial charge on any atom is -0.492 e. The van der Waals surface area contributed by atoms with Crippen LogP contribution in [0.1, 0.15) is 11.4 Å². The Morgan fingerprint density at radius 1 is 1.25 bits per heavy atom. The van der Waals surface area contributed by atoms with Crippen molar-refractivity contribution in [3.63, 3.8) is 0 Å². The Balaban J connectivity index is 1.75. The Kier molecular flexibility index (Phi) is 6.87. The normalized spacial score (nSPS) is 10.5. The summed E-state index contributed by atoms with van der Waals surface area (Å²) in [7, 11) is 1.76. The molecule has 1 aromatic carbocycles. The van der Waals surface area contributed by atoms with Gasteiger partial charge < -0.3 is 9.64 Å². The minimum absolute atomic E-state index is 0.0115. The monoisotopic (exact) mass is 365 g/mol. The van der Waals surface area contributed by atoms with Gasteiger partial charge in [-0.2, -0.15) is 0 Å². The second-order valence-corrected chi connectivity index (χ2v) is 6.72. The van der Waals surface area contributed by atoms with Gasteiger partial charge in [-0.05, 0) is 38.1 Å². The van der Waals surface area contributed by atoms with Gasteiger partial charge in [0.05, 0.1) is 12.3 Å². The van der Waals surface area contributed by atoms with E-state index in [-0.39, 0.29) is 5.91 Å². The molecule has 0 aliphatic heterocycles. The quantitative estimate of drug-likeness (QED) is 0.556. The van der Waals surface area contributed by atoms with Crippen LogP contribution in [0.3, 0.4) is 0 Å². The lowest BCUT2D eigenvalue weighted by Gasteiger charge is -2.17. The molecule has 2 rings (SSSR count). The van der Waals surface area contributed by atoms with Gasteiger partial charge in [-0.1, -0.05) is 29.4 Å². The molecule has 0 spiro atoms. The van der Waals surface area contributed by atoms with Crippen LogP contribution >= 0.6 is 23.4 Å². The summed E-state index contributed by atoms with van der Waals surface area (Å²) in [5.41, 5.74) is 1.81. The molecule has 5 nitrogen and oxygen atoms in total. The summed E-state index contributed by atoms with van der Waals surface area (Å²) >= 11 is 7.24. The first-order valence-electron chi connectivity index (χ1n) is 7.51. The molecule has 128 valence electrons. The Hall–Kier alpha value is -1.79. The van der Waals surface area contributed by atoms with Crippen molar-refractivity contribution < 1.29 is 9.53 Å². The van der Waals surface area contributed by atoms with Crippen molar-refractivity contribution in [2.75, 3.05) is 26.0 Å². The van der Waals surface area contributed by atoms with E-state index in [0.717, 1.165) is 11.4 Å². The molecule has 0 bridgehead atoms. The highest BCUT2D eigenvalue weighted by Crippen LogP contribution is 2.17. The predicted molar refractivity (Wildman–Crippen MR) is 96.8 cm³/mol. The number of aromatic nitrogens is 2. The number of ether oxygens (including phenoxy) is 1. The van der Waals surface area contributed by atoms with E-state index in [0.29, 0.717) is 34.8 Å². The summed E-state index contributed by atoms with van der Waals surface area (Å²) in [5, 5.41) is 1.26. The van der Waals surface area contributed by atoms with Gasteiger partial charge >= 0.3 is 0 Å². The molecule has 24 heavy (non-hydrogen) atoms. The molecule has 0 atom stereocenters. The number of amides is 1. The Morgan fingerprint density at radius 3 is 2.62 bits per heavy atom. The number of thioether (sulfide) groups is 1. The summed E-state index contributed by atoms with van der Waals surface area (Å²) in [6, 6.07) is 9.10. The van der Waals surface area contributed by atoms with E-state index < -0.39 is 0 Å². The molecule has 7 heteroatoms. The van der Waals surface area contributed by atoms with Gasteiger partial charge in [0.25, 0.3) is 0 Å². The number of hydrogen-bond donors (Lipinski definition) is 0. The molecule has 2 aromatic rings. The van der Waals surface area contributed by atoms with Crippen molar-refractivity contribution >= 4 is 29.3 Å². The molecule has 0 aliphatic rings. The zero-order valence-electron chi connectivity index (χ0n) is 14.0. The Labute approximate surface area is 151 Å². The van der Waals surface area contributed by atoms with Crippen LogP contribution in [-0.4, -0.2) is 46.7 Å². The number of likely N-dealkylation sites (N-methyl/N-ethyl adjacent to an activating group) is 1. The molecule has 0 radical (unpaired) electrons. The van der Waals surface area contributed by atoms with Gasteiger partial charge in [-0.25, -0.2) is 9.97 Å². The molecule has 1 aromatic heterocycles. The maximum atomic E-state index is 12.2. The van der Waals surface area contributed by atoms with Crippen LogP contribution < -0.4 is 4.74 Å². The first-order chi connectivity index (χ1) is 11.4. The fourth-order valence-corrected chi connectivity index (χ4v) is 3.05. The molecular formula is C17H20ClN3O2S. The molecule has 0 fully saturated rings. The van der Waals surface area contributed by atoms with Gasteiger partial charge in [0, 0.05) is 23.5 Å².